The molecule has 0 saturated heterocycles. The lowest BCUT2D eigenvalue weighted by Gasteiger charge is -2.26. The first kappa shape index (κ1) is 15.9. The van der Waals surface area contributed by atoms with E-state index in [1.165, 1.54) is 16.5 Å². The molecule has 3 aromatic carbocycles. The number of hydrogen-bond acceptors (Lipinski definition) is 1. The summed E-state index contributed by atoms with van der Waals surface area (Å²) in [5.41, 5.74) is 7.33. The molecule has 0 fully saturated rings. The number of hydrogen-bond donors (Lipinski definition) is 1. The minimum atomic E-state index is -0.132. The maximum Gasteiger partial charge on any atom is 0.259 e. The fraction of sp³-hybridized carbons (Fsp3) is 0.125. The Morgan fingerprint density at radius 2 is 1.56 bits per heavy atom. The molecule has 27 heavy (non-hydrogen) atoms. The zero-order valence-electron chi connectivity index (χ0n) is 15.4. The van der Waals surface area contributed by atoms with Crippen LogP contribution in [0.4, 0.5) is 5.69 Å². The minimum absolute atomic E-state index is 0.0594. The van der Waals surface area contributed by atoms with Crippen molar-refractivity contribution in [2.75, 3.05) is 4.90 Å². The van der Waals surface area contributed by atoms with Crippen LogP contribution in [0.2, 0.25) is 0 Å². The summed E-state index contributed by atoms with van der Waals surface area (Å²) in [4.78, 5) is 18.8. The molecule has 1 aliphatic rings. The predicted molar refractivity (Wildman–Crippen MR) is 109 cm³/mol. The van der Waals surface area contributed by atoms with Gasteiger partial charge in [-0.2, -0.15) is 0 Å². The van der Waals surface area contributed by atoms with Crippen LogP contribution in [0.5, 0.6) is 0 Å². The Hall–Kier alpha value is -3.33. The first-order chi connectivity index (χ1) is 13.1. The van der Waals surface area contributed by atoms with E-state index in [1.54, 1.807) is 0 Å². The average molecular weight is 352 g/mol. The SMILES string of the molecule is Cc1ccc(N2C(=O)c3ccccc3[C@H]2c2c(C)[nH]c3ccccc23)cc1. The summed E-state index contributed by atoms with van der Waals surface area (Å²) < 4.78 is 0. The van der Waals surface area contributed by atoms with Gasteiger partial charge in [-0.05, 0) is 43.7 Å². The number of aromatic nitrogens is 1. The van der Waals surface area contributed by atoms with Crippen LogP contribution in [-0.4, -0.2) is 10.9 Å². The molecule has 3 heteroatoms. The lowest BCUT2D eigenvalue weighted by atomic mass is 9.95. The van der Waals surface area contributed by atoms with Gasteiger partial charge in [-0.1, -0.05) is 54.1 Å². The molecule has 3 nitrogen and oxygen atoms in total. The maximum absolute atomic E-state index is 13.4. The molecule has 0 unspecified atom stereocenters. The van der Waals surface area contributed by atoms with E-state index < -0.39 is 0 Å². The number of H-pyrrole nitrogens is 1. The number of nitrogens with one attached hydrogen (secondary N) is 1. The van der Waals surface area contributed by atoms with Gasteiger partial charge in [0.15, 0.2) is 0 Å². The van der Waals surface area contributed by atoms with Crippen molar-refractivity contribution < 1.29 is 4.79 Å². The van der Waals surface area contributed by atoms with Crippen LogP contribution in [0.1, 0.15) is 38.8 Å². The van der Waals surface area contributed by atoms with Gasteiger partial charge in [0.25, 0.3) is 5.91 Å². The van der Waals surface area contributed by atoms with Crippen molar-refractivity contribution >= 4 is 22.5 Å². The van der Waals surface area contributed by atoms with E-state index in [1.807, 2.05) is 41.3 Å². The molecule has 1 aromatic heterocycles. The number of rotatable bonds is 2. The molecule has 0 bridgehead atoms. The third-order valence-corrected chi connectivity index (χ3v) is 5.49. The van der Waals surface area contributed by atoms with Gasteiger partial charge in [0.05, 0.1) is 6.04 Å². The van der Waals surface area contributed by atoms with Crippen LogP contribution < -0.4 is 4.90 Å². The molecule has 0 saturated carbocycles. The van der Waals surface area contributed by atoms with E-state index in [2.05, 4.69) is 55.2 Å². The van der Waals surface area contributed by atoms with Gasteiger partial charge < -0.3 is 4.98 Å². The van der Waals surface area contributed by atoms with Gasteiger partial charge in [-0.25, -0.2) is 0 Å². The van der Waals surface area contributed by atoms with Crippen molar-refractivity contribution in [2.24, 2.45) is 0 Å². The molecule has 0 spiro atoms. The van der Waals surface area contributed by atoms with Crippen LogP contribution >= 0.6 is 0 Å². The number of amides is 1. The number of carbonyl (C=O) groups excluding carboxylic acids is 1. The van der Waals surface area contributed by atoms with Crippen molar-refractivity contribution in [3.63, 3.8) is 0 Å². The Labute approximate surface area is 158 Å². The van der Waals surface area contributed by atoms with E-state index in [4.69, 9.17) is 0 Å². The Morgan fingerprint density at radius 3 is 2.37 bits per heavy atom. The molecule has 132 valence electrons. The molecule has 4 aromatic rings. The van der Waals surface area contributed by atoms with Gasteiger partial charge in [-0.15, -0.1) is 0 Å². The van der Waals surface area contributed by atoms with E-state index in [0.717, 1.165) is 28.0 Å². The van der Waals surface area contributed by atoms with Crippen LogP contribution in [0, 0.1) is 13.8 Å². The molecule has 1 N–H and O–H groups in total. The van der Waals surface area contributed by atoms with Crippen molar-refractivity contribution in [1.29, 1.82) is 0 Å². The number of fused-ring (bicyclic) bond motifs is 2. The number of anilines is 1. The van der Waals surface area contributed by atoms with Gasteiger partial charge >= 0.3 is 0 Å². The lowest BCUT2D eigenvalue weighted by molar-refractivity contribution is 0.0993. The normalized spacial score (nSPS) is 16.1. The third kappa shape index (κ3) is 2.32. The molecule has 2 heterocycles. The van der Waals surface area contributed by atoms with Gasteiger partial charge in [0.2, 0.25) is 0 Å². The summed E-state index contributed by atoms with van der Waals surface area (Å²) in [6, 6.07) is 24.3. The number of nitrogens with zero attached hydrogens (tertiary/aromatic N) is 1. The number of benzene rings is 3. The maximum atomic E-state index is 13.4. The second-order valence-corrected chi connectivity index (χ2v) is 7.21. The first-order valence-electron chi connectivity index (χ1n) is 9.21. The molecule has 1 amide bonds. The van der Waals surface area contributed by atoms with Crippen LogP contribution in [0.3, 0.4) is 0 Å². The molecule has 1 atom stereocenters. The van der Waals surface area contributed by atoms with Crippen LogP contribution in [0.15, 0.2) is 72.8 Å². The summed E-state index contributed by atoms with van der Waals surface area (Å²) in [7, 11) is 0. The molecule has 0 aliphatic carbocycles. The molecule has 0 radical (unpaired) electrons. The third-order valence-electron chi connectivity index (χ3n) is 5.49. The van der Waals surface area contributed by atoms with Gasteiger partial charge in [0.1, 0.15) is 0 Å². The zero-order chi connectivity index (χ0) is 18.5. The van der Waals surface area contributed by atoms with Crippen molar-refractivity contribution in [3.8, 4) is 0 Å². The summed E-state index contributed by atoms with van der Waals surface area (Å²) >= 11 is 0. The largest absolute Gasteiger partial charge is 0.358 e. The average Bonchev–Trinajstić information content (AvgIpc) is 3.16. The monoisotopic (exact) mass is 352 g/mol. The Bertz CT molecular complexity index is 1170. The molecular formula is C24H20N2O. The summed E-state index contributed by atoms with van der Waals surface area (Å²) in [6.07, 6.45) is 0. The van der Waals surface area contributed by atoms with Crippen molar-refractivity contribution in [2.45, 2.75) is 19.9 Å². The highest BCUT2D eigenvalue weighted by Gasteiger charge is 2.40. The van der Waals surface area contributed by atoms with Crippen molar-refractivity contribution in [1.82, 2.24) is 4.98 Å². The topological polar surface area (TPSA) is 36.1 Å². The predicted octanol–water partition coefficient (Wildman–Crippen LogP) is 5.53. The second-order valence-electron chi connectivity index (χ2n) is 7.21. The second kappa shape index (κ2) is 5.85. The van der Waals surface area contributed by atoms with E-state index in [0.29, 0.717) is 0 Å². The Kier molecular flexibility index (Phi) is 3.44. The Balaban J connectivity index is 1.79. The van der Waals surface area contributed by atoms with Gasteiger partial charge in [0, 0.05) is 33.4 Å². The molecule has 5 rings (SSSR count). The number of aromatic amines is 1. The smallest absolute Gasteiger partial charge is 0.259 e. The van der Waals surface area contributed by atoms with E-state index in [-0.39, 0.29) is 11.9 Å². The quantitative estimate of drug-likeness (QED) is 0.505. The summed E-state index contributed by atoms with van der Waals surface area (Å²) in [5.74, 6) is 0.0594. The molecule has 1 aliphatic heterocycles. The highest BCUT2D eigenvalue weighted by atomic mass is 16.2. The number of para-hydroxylation sites is 1. The van der Waals surface area contributed by atoms with Crippen LogP contribution in [-0.2, 0) is 0 Å². The van der Waals surface area contributed by atoms with Crippen LogP contribution in [0.25, 0.3) is 10.9 Å². The summed E-state index contributed by atoms with van der Waals surface area (Å²) in [6.45, 7) is 4.15. The first-order valence-corrected chi connectivity index (χ1v) is 9.21. The van der Waals surface area contributed by atoms with Crippen molar-refractivity contribution in [3.05, 3.63) is 101 Å². The highest BCUT2D eigenvalue weighted by Crippen LogP contribution is 2.44. The fourth-order valence-electron chi connectivity index (χ4n) is 4.22. The number of aryl methyl sites for hydroxylation is 2. The molecular weight excluding hydrogens is 332 g/mol. The zero-order valence-corrected chi connectivity index (χ0v) is 15.4. The van der Waals surface area contributed by atoms with Gasteiger partial charge in [-0.3, -0.25) is 9.69 Å². The number of carbonyl (C=O) groups is 1. The fourth-order valence-corrected chi connectivity index (χ4v) is 4.22. The lowest BCUT2D eigenvalue weighted by Crippen LogP contribution is -2.28. The summed E-state index contributed by atoms with van der Waals surface area (Å²) in [5, 5.41) is 1.17. The van der Waals surface area contributed by atoms with E-state index >= 15 is 0 Å². The van der Waals surface area contributed by atoms with E-state index in [9.17, 15) is 4.79 Å². The minimum Gasteiger partial charge on any atom is -0.358 e. The standard InChI is InChI=1S/C24H20N2O/c1-15-11-13-17(14-12-15)26-23(18-7-3-4-8-19(18)24(26)27)22-16(2)25-21-10-6-5-9-20(21)22/h3-14,23,25H,1-2H3/t23-/m0/s1. The highest BCUT2D eigenvalue weighted by molar-refractivity contribution is 6.12. The Morgan fingerprint density at radius 1 is 0.852 bits per heavy atom.